The predicted molar refractivity (Wildman–Crippen MR) is 117 cm³/mol. The van der Waals surface area contributed by atoms with Crippen LogP contribution in [0.3, 0.4) is 0 Å². The second kappa shape index (κ2) is 8.50. The van der Waals surface area contributed by atoms with Gasteiger partial charge in [-0.1, -0.05) is 41.4 Å². The van der Waals surface area contributed by atoms with Crippen LogP contribution in [0, 0.1) is 6.92 Å². The molecule has 1 aromatic heterocycles. The highest BCUT2D eigenvalue weighted by molar-refractivity contribution is 6.35. The molecule has 154 valence electrons. The van der Waals surface area contributed by atoms with Gasteiger partial charge < -0.3 is 10.2 Å². The molecule has 1 aliphatic heterocycles. The third-order valence-electron chi connectivity index (χ3n) is 5.05. The largest absolute Gasteiger partial charge is 0.325 e. The van der Waals surface area contributed by atoms with E-state index in [9.17, 15) is 9.59 Å². The molecule has 3 aromatic rings. The molecule has 0 radical (unpaired) electrons. The molecule has 30 heavy (non-hydrogen) atoms. The molecule has 0 bridgehead atoms. The van der Waals surface area contributed by atoms with Crippen LogP contribution in [0.4, 0.5) is 5.69 Å². The fourth-order valence-electron chi connectivity index (χ4n) is 3.69. The topological polar surface area (TPSA) is 67.2 Å². The van der Waals surface area contributed by atoms with Crippen molar-refractivity contribution in [3.05, 3.63) is 76.0 Å². The van der Waals surface area contributed by atoms with Crippen LogP contribution in [0.1, 0.15) is 29.0 Å². The molecule has 0 aliphatic carbocycles. The highest BCUT2D eigenvalue weighted by atomic mass is 35.5. The molecule has 2 aromatic carbocycles. The Morgan fingerprint density at radius 2 is 1.77 bits per heavy atom. The van der Waals surface area contributed by atoms with Gasteiger partial charge >= 0.3 is 0 Å². The van der Waals surface area contributed by atoms with Crippen LogP contribution in [0.25, 0.3) is 5.69 Å². The minimum atomic E-state index is -0.572. The first-order valence-electron chi connectivity index (χ1n) is 9.62. The first-order valence-corrected chi connectivity index (χ1v) is 10.4. The average molecular weight is 443 g/mol. The van der Waals surface area contributed by atoms with Crippen molar-refractivity contribution in [2.45, 2.75) is 25.8 Å². The summed E-state index contributed by atoms with van der Waals surface area (Å²) in [6.07, 6.45) is 1.34. The van der Waals surface area contributed by atoms with E-state index in [0.717, 1.165) is 17.8 Å². The number of hydrogen-bond acceptors (Lipinski definition) is 3. The molecule has 2 amide bonds. The van der Waals surface area contributed by atoms with Crippen molar-refractivity contribution < 1.29 is 9.59 Å². The second-order valence-corrected chi connectivity index (χ2v) is 8.10. The van der Waals surface area contributed by atoms with E-state index in [1.54, 1.807) is 33.8 Å². The third kappa shape index (κ3) is 4.20. The van der Waals surface area contributed by atoms with E-state index in [2.05, 4.69) is 10.4 Å². The van der Waals surface area contributed by atoms with Gasteiger partial charge in [-0.05, 0) is 56.2 Å². The first kappa shape index (κ1) is 20.4. The number of anilines is 1. The van der Waals surface area contributed by atoms with Crippen LogP contribution in [-0.2, 0) is 4.79 Å². The van der Waals surface area contributed by atoms with Gasteiger partial charge in [0, 0.05) is 28.0 Å². The van der Waals surface area contributed by atoms with E-state index in [1.807, 2.05) is 37.3 Å². The first-order chi connectivity index (χ1) is 14.4. The zero-order valence-corrected chi connectivity index (χ0v) is 17.8. The SMILES string of the molecule is Cc1cc(C(=O)N2CCCC2C(=O)Nc2cc(Cl)cc(Cl)c2)nn1-c1ccccc1. The monoisotopic (exact) mass is 442 g/mol. The number of halogens is 2. The lowest BCUT2D eigenvalue weighted by Crippen LogP contribution is -2.43. The number of hydrogen-bond donors (Lipinski definition) is 1. The molecule has 2 heterocycles. The zero-order chi connectivity index (χ0) is 21.3. The number of benzene rings is 2. The van der Waals surface area contributed by atoms with Crippen LogP contribution in [0.2, 0.25) is 10.0 Å². The maximum absolute atomic E-state index is 13.1. The molecule has 1 saturated heterocycles. The smallest absolute Gasteiger partial charge is 0.275 e. The minimum absolute atomic E-state index is 0.255. The van der Waals surface area contributed by atoms with Gasteiger partial charge in [-0.2, -0.15) is 5.10 Å². The number of carbonyl (C=O) groups excluding carboxylic acids is 2. The number of carbonyl (C=O) groups is 2. The van der Waals surface area contributed by atoms with Gasteiger partial charge in [0.15, 0.2) is 5.69 Å². The molecule has 1 unspecified atom stereocenters. The summed E-state index contributed by atoms with van der Waals surface area (Å²) in [4.78, 5) is 27.6. The average Bonchev–Trinajstić information content (AvgIpc) is 3.34. The summed E-state index contributed by atoms with van der Waals surface area (Å²) >= 11 is 12.0. The second-order valence-electron chi connectivity index (χ2n) is 7.22. The molecule has 6 nitrogen and oxygen atoms in total. The Morgan fingerprint density at radius 3 is 2.47 bits per heavy atom. The van der Waals surface area contributed by atoms with Crippen LogP contribution < -0.4 is 5.32 Å². The molecule has 1 N–H and O–H groups in total. The minimum Gasteiger partial charge on any atom is -0.325 e. The van der Waals surface area contributed by atoms with Crippen molar-refractivity contribution in [3.8, 4) is 5.69 Å². The normalized spacial score (nSPS) is 16.0. The summed E-state index contributed by atoms with van der Waals surface area (Å²) in [5, 5.41) is 8.16. The number of amides is 2. The number of aromatic nitrogens is 2. The molecule has 0 spiro atoms. The van der Waals surface area contributed by atoms with Gasteiger partial charge in [-0.25, -0.2) is 4.68 Å². The molecule has 1 atom stereocenters. The van der Waals surface area contributed by atoms with E-state index in [4.69, 9.17) is 23.2 Å². The van der Waals surface area contributed by atoms with Crippen molar-refractivity contribution in [1.82, 2.24) is 14.7 Å². The Morgan fingerprint density at radius 1 is 1.07 bits per heavy atom. The molecule has 8 heteroatoms. The maximum Gasteiger partial charge on any atom is 0.275 e. The maximum atomic E-state index is 13.1. The lowest BCUT2D eigenvalue weighted by Gasteiger charge is -2.23. The molecule has 1 aliphatic rings. The lowest BCUT2D eigenvalue weighted by molar-refractivity contribution is -0.119. The van der Waals surface area contributed by atoms with Crippen LogP contribution in [0.5, 0.6) is 0 Å². The van der Waals surface area contributed by atoms with E-state index in [1.165, 1.54) is 0 Å². The lowest BCUT2D eigenvalue weighted by atomic mass is 10.2. The fourth-order valence-corrected chi connectivity index (χ4v) is 4.22. The number of para-hydroxylation sites is 1. The molecular weight excluding hydrogens is 423 g/mol. The van der Waals surface area contributed by atoms with Crippen LogP contribution in [-0.4, -0.2) is 39.1 Å². The van der Waals surface area contributed by atoms with E-state index < -0.39 is 6.04 Å². The van der Waals surface area contributed by atoms with Crippen molar-refractivity contribution in [1.29, 1.82) is 0 Å². The summed E-state index contributed by atoms with van der Waals surface area (Å²) < 4.78 is 1.73. The van der Waals surface area contributed by atoms with Gasteiger partial charge in [0.1, 0.15) is 6.04 Å². The Kier molecular flexibility index (Phi) is 5.79. The number of likely N-dealkylation sites (tertiary alicyclic amines) is 1. The van der Waals surface area contributed by atoms with Gasteiger partial charge in [0.25, 0.3) is 5.91 Å². The number of aryl methyl sites for hydroxylation is 1. The van der Waals surface area contributed by atoms with Gasteiger partial charge in [0.2, 0.25) is 5.91 Å². The number of nitrogens with one attached hydrogen (secondary N) is 1. The summed E-state index contributed by atoms with van der Waals surface area (Å²) in [6, 6.07) is 15.6. The Balaban J connectivity index is 1.53. The van der Waals surface area contributed by atoms with Crippen molar-refractivity contribution >= 4 is 40.7 Å². The quantitative estimate of drug-likeness (QED) is 0.634. The predicted octanol–water partition coefficient (Wildman–Crippen LogP) is 4.73. The van der Waals surface area contributed by atoms with Crippen molar-refractivity contribution in [2.24, 2.45) is 0 Å². The number of nitrogens with zero attached hydrogens (tertiary/aromatic N) is 3. The molecule has 1 fully saturated rings. The number of rotatable bonds is 4. The van der Waals surface area contributed by atoms with Gasteiger partial charge in [0.05, 0.1) is 5.69 Å². The van der Waals surface area contributed by atoms with Crippen molar-refractivity contribution in [2.75, 3.05) is 11.9 Å². The highest BCUT2D eigenvalue weighted by Gasteiger charge is 2.35. The molecular formula is C22H20Cl2N4O2. The summed E-state index contributed by atoms with van der Waals surface area (Å²) in [5.41, 5.74) is 2.55. The fraction of sp³-hybridized carbons (Fsp3) is 0.227. The van der Waals surface area contributed by atoms with Gasteiger partial charge in [-0.3, -0.25) is 9.59 Å². The standard InChI is InChI=1S/C22H20Cl2N4O2/c1-14-10-19(26-28(14)18-6-3-2-4-7-18)22(30)27-9-5-8-20(27)21(29)25-17-12-15(23)11-16(24)13-17/h2-4,6-7,10-13,20H,5,8-9H2,1H3,(H,25,29). The third-order valence-corrected chi connectivity index (χ3v) is 5.49. The van der Waals surface area contributed by atoms with Crippen molar-refractivity contribution in [3.63, 3.8) is 0 Å². The van der Waals surface area contributed by atoms with Crippen LogP contribution in [0.15, 0.2) is 54.6 Å². The Hall–Kier alpha value is -2.83. The summed E-state index contributed by atoms with van der Waals surface area (Å²) in [5.74, 6) is -0.520. The van der Waals surface area contributed by atoms with Gasteiger partial charge in [-0.15, -0.1) is 0 Å². The molecule has 0 saturated carbocycles. The van der Waals surface area contributed by atoms with Crippen LogP contribution >= 0.6 is 23.2 Å². The summed E-state index contributed by atoms with van der Waals surface area (Å²) in [6.45, 7) is 2.40. The van der Waals surface area contributed by atoms with E-state index >= 15 is 0 Å². The van der Waals surface area contributed by atoms with E-state index in [0.29, 0.717) is 34.4 Å². The Bertz CT molecular complexity index is 1080. The molecule has 4 rings (SSSR count). The van der Waals surface area contributed by atoms with E-state index in [-0.39, 0.29) is 11.8 Å². The summed E-state index contributed by atoms with van der Waals surface area (Å²) in [7, 11) is 0. The zero-order valence-electron chi connectivity index (χ0n) is 16.3. The Labute approximate surface area is 184 Å². The highest BCUT2D eigenvalue weighted by Crippen LogP contribution is 2.25.